The zero-order valence-electron chi connectivity index (χ0n) is 18.8. The van der Waals surface area contributed by atoms with Gasteiger partial charge >= 0.3 is 5.97 Å². The highest BCUT2D eigenvalue weighted by Gasteiger charge is 2.41. The van der Waals surface area contributed by atoms with Crippen LogP contribution >= 0.6 is 0 Å². The molecular formula is C22H35N3O5. The third-order valence-electron chi connectivity index (χ3n) is 6.49. The summed E-state index contributed by atoms with van der Waals surface area (Å²) in [5.74, 6) is -1.57. The number of nitrogens with one attached hydrogen (secondary N) is 1. The molecule has 0 bridgehead atoms. The normalized spacial score (nSPS) is 21.6. The molecule has 1 aliphatic heterocycles. The van der Waals surface area contributed by atoms with Crippen LogP contribution in [0.3, 0.4) is 0 Å². The number of hydrogen-bond acceptors (Lipinski definition) is 5. The molecule has 1 saturated heterocycles. The van der Waals surface area contributed by atoms with Crippen molar-refractivity contribution in [1.29, 1.82) is 0 Å². The van der Waals surface area contributed by atoms with Crippen LogP contribution in [0.1, 0.15) is 56.9 Å². The summed E-state index contributed by atoms with van der Waals surface area (Å²) < 4.78 is 7.27. The molecule has 168 valence electrons. The van der Waals surface area contributed by atoms with Gasteiger partial charge in [0.15, 0.2) is 5.78 Å². The Morgan fingerprint density at radius 2 is 2.07 bits per heavy atom. The van der Waals surface area contributed by atoms with Crippen molar-refractivity contribution < 1.29 is 24.2 Å². The second-order valence-electron chi connectivity index (χ2n) is 9.12. The van der Waals surface area contributed by atoms with Crippen molar-refractivity contribution in [3.8, 4) is 0 Å². The Kier molecular flexibility index (Phi) is 7.82. The van der Waals surface area contributed by atoms with Crippen LogP contribution in [-0.4, -0.2) is 71.6 Å². The molecule has 1 aromatic rings. The van der Waals surface area contributed by atoms with Gasteiger partial charge < -0.3 is 24.6 Å². The minimum Gasteiger partial charge on any atom is -0.478 e. The molecule has 1 amide bonds. The lowest BCUT2D eigenvalue weighted by atomic mass is 9.73. The number of Topliss-reactive ketones (excluding diaryl/α,β-unsaturated/α-hetero) is 1. The summed E-state index contributed by atoms with van der Waals surface area (Å²) in [6.07, 6.45) is 4.22. The minimum atomic E-state index is -1.04. The number of carbonyl (C=O) groups is 3. The van der Waals surface area contributed by atoms with E-state index < -0.39 is 18.1 Å². The van der Waals surface area contributed by atoms with E-state index in [0.29, 0.717) is 6.42 Å². The van der Waals surface area contributed by atoms with Crippen molar-refractivity contribution in [2.45, 2.75) is 58.7 Å². The minimum absolute atomic E-state index is 0.00357. The van der Waals surface area contributed by atoms with Gasteiger partial charge in [-0.25, -0.2) is 4.79 Å². The molecule has 2 N–H and O–H groups in total. The van der Waals surface area contributed by atoms with Crippen molar-refractivity contribution >= 4 is 17.7 Å². The van der Waals surface area contributed by atoms with Crippen molar-refractivity contribution in [1.82, 2.24) is 14.8 Å². The molecule has 4 unspecified atom stereocenters. The predicted octanol–water partition coefficient (Wildman–Crippen LogP) is 2.20. The largest absolute Gasteiger partial charge is 0.478 e. The van der Waals surface area contributed by atoms with Crippen LogP contribution in [0.4, 0.5) is 0 Å². The van der Waals surface area contributed by atoms with E-state index >= 15 is 0 Å². The van der Waals surface area contributed by atoms with Crippen LogP contribution in [0.25, 0.3) is 0 Å². The lowest BCUT2D eigenvalue weighted by molar-refractivity contribution is -0.131. The highest BCUT2D eigenvalue weighted by molar-refractivity contribution is 5.93. The zero-order chi connectivity index (χ0) is 22.6. The number of carboxylic acids is 1. The molecule has 0 radical (unpaired) electrons. The molecule has 1 fully saturated rings. The summed E-state index contributed by atoms with van der Waals surface area (Å²) in [6.45, 7) is 8.97. The van der Waals surface area contributed by atoms with Crippen molar-refractivity contribution in [2.24, 2.45) is 11.3 Å². The monoisotopic (exact) mass is 421 g/mol. The maximum Gasteiger partial charge on any atom is 0.337 e. The van der Waals surface area contributed by atoms with Gasteiger partial charge in [-0.2, -0.15) is 0 Å². The summed E-state index contributed by atoms with van der Waals surface area (Å²) in [7, 11) is 3.89. The van der Waals surface area contributed by atoms with Crippen LogP contribution in [0.2, 0.25) is 0 Å². The molecular weight excluding hydrogens is 386 g/mol. The third-order valence-corrected chi connectivity index (χ3v) is 6.49. The zero-order valence-corrected chi connectivity index (χ0v) is 18.8. The standard InChI is InChI=1S/C22H35N3O5/c1-7-22(3,4)14(2)19(25-11-8-15(12-25)21(28)29)20(27)23-18-16(26)13-30-17(18)9-10-24(5)6/h8,11-12,14,17-19H,7,9-10,13H2,1-6H3,(H,23,27)(H,28,29). The number of carboxylic acid groups (broad SMARTS) is 1. The molecule has 1 aliphatic rings. The maximum atomic E-state index is 13.4. The lowest BCUT2D eigenvalue weighted by Crippen LogP contribution is -2.50. The van der Waals surface area contributed by atoms with Crippen LogP contribution in [-0.2, 0) is 14.3 Å². The molecule has 30 heavy (non-hydrogen) atoms. The fourth-order valence-corrected chi connectivity index (χ4v) is 3.71. The van der Waals surface area contributed by atoms with E-state index in [9.17, 15) is 19.5 Å². The molecule has 8 nitrogen and oxygen atoms in total. The molecule has 0 aromatic carbocycles. The summed E-state index contributed by atoms with van der Waals surface area (Å²) in [5, 5.41) is 12.2. The number of hydrogen-bond donors (Lipinski definition) is 2. The van der Waals surface area contributed by atoms with Crippen LogP contribution in [0, 0.1) is 11.3 Å². The predicted molar refractivity (Wildman–Crippen MR) is 114 cm³/mol. The number of rotatable bonds is 10. The van der Waals surface area contributed by atoms with E-state index in [1.807, 2.05) is 25.9 Å². The van der Waals surface area contributed by atoms with Crippen LogP contribution in [0.15, 0.2) is 18.5 Å². The number of amides is 1. The summed E-state index contributed by atoms with van der Waals surface area (Å²) >= 11 is 0. The van der Waals surface area contributed by atoms with E-state index in [1.54, 1.807) is 10.8 Å². The van der Waals surface area contributed by atoms with Crippen LogP contribution < -0.4 is 5.32 Å². The number of aromatic nitrogens is 1. The first kappa shape index (κ1) is 24.1. The molecule has 0 spiro atoms. The molecule has 0 saturated carbocycles. The van der Waals surface area contributed by atoms with Gasteiger partial charge in [0.25, 0.3) is 0 Å². The van der Waals surface area contributed by atoms with Gasteiger partial charge in [0.1, 0.15) is 18.7 Å². The van der Waals surface area contributed by atoms with Gasteiger partial charge in [-0.15, -0.1) is 0 Å². The fourth-order valence-electron chi connectivity index (χ4n) is 3.71. The molecule has 4 atom stereocenters. The Balaban J connectivity index is 2.29. The van der Waals surface area contributed by atoms with E-state index in [0.717, 1.165) is 13.0 Å². The summed E-state index contributed by atoms with van der Waals surface area (Å²) in [4.78, 5) is 39.2. The van der Waals surface area contributed by atoms with Gasteiger partial charge in [-0.1, -0.05) is 34.1 Å². The highest BCUT2D eigenvalue weighted by Crippen LogP contribution is 2.38. The first-order chi connectivity index (χ1) is 14.0. The highest BCUT2D eigenvalue weighted by atomic mass is 16.5. The second kappa shape index (κ2) is 9.75. The Labute approximate surface area is 178 Å². The van der Waals surface area contributed by atoms with E-state index in [4.69, 9.17) is 4.74 Å². The molecule has 8 heteroatoms. The van der Waals surface area contributed by atoms with Gasteiger partial charge in [-0.3, -0.25) is 9.59 Å². The van der Waals surface area contributed by atoms with Gasteiger partial charge in [0.2, 0.25) is 5.91 Å². The SMILES string of the molecule is CCC(C)(C)C(C)C(C(=O)NC1C(=O)COC1CCN(C)C)n1ccc(C(=O)O)c1. The maximum absolute atomic E-state index is 13.4. The van der Waals surface area contributed by atoms with E-state index in [2.05, 4.69) is 26.1 Å². The van der Waals surface area contributed by atoms with E-state index in [1.165, 1.54) is 12.3 Å². The van der Waals surface area contributed by atoms with Crippen LogP contribution in [0.5, 0.6) is 0 Å². The van der Waals surface area contributed by atoms with Gasteiger partial charge in [0.05, 0.1) is 11.7 Å². The molecule has 2 heterocycles. The van der Waals surface area contributed by atoms with Crippen molar-refractivity contribution in [2.75, 3.05) is 27.2 Å². The van der Waals surface area contributed by atoms with Gasteiger partial charge in [-0.05, 0) is 37.9 Å². The van der Waals surface area contributed by atoms with Gasteiger partial charge in [0, 0.05) is 18.9 Å². The smallest absolute Gasteiger partial charge is 0.337 e. The Hall–Kier alpha value is -2.19. The molecule has 1 aromatic heterocycles. The number of aromatic carboxylic acids is 1. The Morgan fingerprint density at radius 1 is 1.40 bits per heavy atom. The van der Waals surface area contributed by atoms with Crippen molar-refractivity contribution in [3.63, 3.8) is 0 Å². The Bertz CT molecular complexity index is 771. The number of ketones is 1. The average molecular weight is 422 g/mol. The number of nitrogens with zero attached hydrogens (tertiary/aromatic N) is 2. The topological polar surface area (TPSA) is 101 Å². The first-order valence-electron chi connectivity index (χ1n) is 10.5. The lowest BCUT2D eigenvalue weighted by Gasteiger charge is -2.37. The third kappa shape index (κ3) is 5.49. The summed E-state index contributed by atoms with van der Waals surface area (Å²) in [6, 6.07) is 0.153. The average Bonchev–Trinajstić information content (AvgIpc) is 3.28. The molecule has 2 rings (SSSR count). The van der Waals surface area contributed by atoms with Crippen molar-refractivity contribution in [3.05, 3.63) is 24.0 Å². The summed E-state index contributed by atoms with van der Waals surface area (Å²) in [5.41, 5.74) is -0.0469. The number of ether oxygens (including phenoxy) is 1. The first-order valence-corrected chi connectivity index (χ1v) is 10.5. The van der Waals surface area contributed by atoms with E-state index in [-0.39, 0.29) is 41.3 Å². The number of carbonyl (C=O) groups excluding carboxylic acids is 2. The Morgan fingerprint density at radius 3 is 2.60 bits per heavy atom. The second-order valence-corrected chi connectivity index (χ2v) is 9.12. The molecule has 0 aliphatic carbocycles. The quantitative estimate of drug-likeness (QED) is 0.601. The fraction of sp³-hybridized carbons (Fsp3) is 0.682.